The molecular formula is C17H15BrN2O5. The lowest BCUT2D eigenvalue weighted by Gasteiger charge is -2.22. The van der Waals surface area contributed by atoms with Gasteiger partial charge in [0.15, 0.2) is 17.0 Å². The van der Waals surface area contributed by atoms with Crippen LogP contribution in [-0.2, 0) is 16.9 Å². The fourth-order valence-electron chi connectivity index (χ4n) is 2.97. The number of carbonyl (C=O) groups is 2. The summed E-state index contributed by atoms with van der Waals surface area (Å²) in [7, 11) is 0. The molecule has 1 aromatic heterocycles. The molecule has 0 saturated carbocycles. The Bertz CT molecular complexity index is 851. The third-order valence-corrected chi connectivity index (χ3v) is 5.07. The molecule has 130 valence electrons. The number of halogens is 1. The van der Waals surface area contributed by atoms with Gasteiger partial charge in [0.25, 0.3) is 5.91 Å². The van der Waals surface area contributed by atoms with Crippen LogP contribution >= 0.6 is 15.9 Å². The Kier molecular flexibility index (Phi) is 3.72. The minimum absolute atomic E-state index is 0.109. The van der Waals surface area contributed by atoms with Crippen LogP contribution in [0.4, 0.5) is 4.79 Å². The molecule has 1 atom stereocenters. The zero-order valence-electron chi connectivity index (χ0n) is 13.4. The maximum atomic E-state index is 12.9. The van der Waals surface area contributed by atoms with Gasteiger partial charge < -0.3 is 19.2 Å². The quantitative estimate of drug-likeness (QED) is 0.792. The molecule has 2 aliphatic rings. The van der Waals surface area contributed by atoms with Crippen LogP contribution in [0.1, 0.15) is 18.2 Å². The van der Waals surface area contributed by atoms with Gasteiger partial charge in [-0.3, -0.25) is 9.69 Å². The van der Waals surface area contributed by atoms with Gasteiger partial charge in [0.05, 0.1) is 12.8 Å². The second-order valence-electron chi connectivity index (χ2n) is 6.01. The van der Waals surface area contributed by atoms with E-state index in [0.717, 1.165) is 10.0 Å². The van der Waals surface area contributed by atoms with Crippen molar-refractivity contribution >= 4 is 27.9 Å². The Labute approximate surface area is 152 Å². The lowest BCUT2D eigenvalue weighted by molar-refractivity contribution is -0.132. The van der Waals surface area contributed by atoms with Gasteiger partial charge in [0.1, 0.15) is 19.0 Å². The molecule has 1 saturated heterocycles. The number of hydrogen-bond donors (Lipinski definition) is 1. The zero-order chi connectivity index (χ0) is 17.6. The number of benzene rings is 1. The largest absolute Gasteiger partial charge is 0.486 e. The molecule has 7 nitrogen and oxygen atoms in total. The van der Waals surface area contributed by atoms with E-state index in [2.05, 4.69) is 21.2 Å². The highest BCUT2D eigenvalue weighted by atomic mass is 79.9. The number of amides is 3. The van der Waals surface area contributed by atoms with E-state index in [1.54, 1.807) is 31.2 Å². The second kappa shape index (κ2) is 5.80. The molecule has 3 heterocycles. The van der Waals surface area contributed by atoms with Gasteiger partial charge in [-0.2, -0.15) is 0 Å². The molecule has 0 unspecified atom stereocenters. The van der Waals surface area contributed by atoms with Gasteiger partial charge >= 0.3 is 6.03 Å². The second-order valence-corrected chi connectivity index (χ2v) is 6.87. The lowest BCUT2D eigenvalue weighted by atomic mass is 9.99. The molecule has 0 spiro atoms. The van der Waals surface area contributed by atoms with Crippen molar-refractivity contribution in [1.29, 1.82) is 0 Å². The Hall–Kier alpha value is -2.48. The van der Waals surface area contributed by atoms with Crippen LogP contribution in [0.3, 0.4) is 0 Å². The smallest absolute Gasteiger partial charge is 0.325 e. The van der Waals surface area contributed by atoms with E-state index in [9.17, 15) is 9.59 Å². The molecular weight excluding hydrogens is 392 g/mol. The third kappa shape index (κ3) is 2.57. The Balaban J connectivity index is 1.63. The number of imide groups is 1. The number of nitrogens with one attached hydrogen (secondary N) is 1. The molecule has 1 N–H and O–H groups in total. The summed E-state index contributed by atoms with van der Waals surface area (Å²) in [4.78, 5) is 26.4. The monoisotopic (exact) mass is 406 g/mol. The number of ether oxygens (including phenoxy) is 2. The molecule has 0 aliphatic carbocycles. The highest BCUT2D eigenvalue weighted by Gasteiger charge is 2.51. The van der Waals surface area contributed by atoms with Crippen molar-refractivity contribution in [3.8, 4) is 11.5 Å². The maximum absolute atomic E-state index is 12.9. The van der Waals surface area contributed by atoms with Crippen LogP contribution in [0, 0.1) is 0 Å². The number of urea groups is 1. The Morgan fingerprint density at radius 2 is 1.96 bits per heavy atom. The van der Waals surface area contributed by atoms with Crippen molar-refractivity contribution < 1.29 is 23.5 Å². The predicted octanol–water partition coefficient (Wildman–Crippen LogP) is 2.78. The number of furan rings is 1. The van der Waals surface area contributed by atoms with E-state index < -0.39 is 11.6 Å². The minimum Gasteiger partial charge on any atom is -0.486 e. The van der Waals surface area contributed by atoms with Crippen molar-refractivity contribution in [3.05, 3.63) is 46.3 Å². The maximum Gasteiger partial charge on any atom is 0.325 e. The summed E-state index contributed by atoms with van der Waals surface area (Å²) in [6.07, 6.45) is 1.47. The molecule has 2 aliphatic heterocycles. The van der Waals surface area contributed by atoms with Crippen molar-refractivity contribution in [1.82, 2.24) is 10.2 Å². The summed E-state index contributed by atoms with van der Waals surface area (Å²) < 4.78 is 17.2. The average molecular weight is 407 g/mol. The molecule has 1 fully saturated rings. The Morgan fingerprint density at radius 3 is 2.64 bits per heavy atom. The fourth-order valence-corrected chi connectivity index (χ4v) is 3.42. The first-order valence-corrected chi connectivity index (χ1v) is 8.54. The van der Waals surface area contributed by atoms with Gasteiger partial charge in [0, 0.05) is 4.47 Å². The standard InChI is InChI=1S/C17H15BrN2O5/c1-17(14-3-2-4-25-14)15(21)20(16(22)19-17)9-10-7-12-13(8-11(10)18)24-6-5-23-12/h2-4,7-8H,5-6,9H2,1H3,(H,19,22)/t17-/m0/s1. The van der Waals surface area contributed by atoms with Gasteiger partial charge in [0.2, 0.25) is 0 Å². The summed E-state index contributed by atoms with van der Waals surface area (Å²) in [5.41, 5.74) is -0.461. The van der Waals surface area contributed by atoms with Gasteiger partial charge in [-0.25, -0.2) is 4.79 Å². The Morgan fingerprint density at radius 1 is 1.24 bits per heavy atom. The number of fused-ring (bicyclic) bond motifs is 1. The normalized spacial score (nSPS) is 22.2. The van der Waals surface area contributed by atoms with Crippen LogP contribution in [0.2, 0.25) is 0 Å². The molecule has 1 aromatic carbocycles. The van der Waals surface area contributed by atoms with Crippen LogP contribution in [0.5, 0.6) is 11.5 Å². The van der Waals surface area contributed by atoms with Crippen molar-refractivity contribution in [3.63, 3.8) is 0 Å². The van der Waals surface area contributed by atoms with Crippen molar-refractivity contribution in [2.45, 2.75) is 19.0 Å². The number of carbonyl (C=O) groups excluding carboxylic acids is 2. The molecule has 4 rings (SSSR count). The van der Waals surface area contributed by atoms with Crippen LogP contribution < -0.4 is 14.8 Å². The van der Waals surface area contributed by atoms with E-state index in [-0.39, 0.29) is 12.5 Å². The summed E-state index contributed by atoms with van der Waals surface area (Å²) in [5.74, 6) is 1.27. The summed E-state index contributed by atoms with van der Waals surface area (Å²) >= 11 is 3.47. The van der Waals surface area contributed by atoms with Crippen LogP contribution in [0.15, 0.2) is 39.4 Å². The van der Waals surface area contributed by atoms with Gasteiger partial charge in [-0.05, 0) is 36.8 Å². The van der Waals surface area contributed by atoms with E-state index in [4.69, 9.17) is 13.9 Å². The lowest BCUT2D eigenvalue weighted by Crippen LogP contribution is -2.40. The minimum atomic E-state index is -1.21. The average Bonchev–Trinajstić information content (AvgIpc) is 3.20. The summed E-state index contributed by atoms with van der Waals surface area (Å²) in [6, 6.07) is 6.45. The highest BCUT2D eigenvalue weighted by molar-refractivity contribution is 9.10. The molecule has 3 amide bonds. The number of hydrogen-bond acceptors (Lipinski definition) is 5. The number of nitrogens with zero attached hydrogens (tertiary/aromatic N) is 1. The van der Waals surface area contributed by atoms with E-state index in [1.807, 2.05) is 0 Å². The highest BCUT2D eigenvalue weighted by Crippen LogP contribution is 2.37. The van der Waals surface area contributed by atoms with E-state index in [1.165, 1.54) is 11.2 Å². The zero-order valence-corrected chi connectivity index (χ0v) is 15.0. The molecule has 8 heteroatoms. The molecule has 0 bridgehead atoms. The number of rotatable bonds is 3. The SMILES string of the molecule is C[C@@]1(c2ccco2)NC(=O)N(Cc2cc3c(cc2Br)OCCO3)C1=O. The van der Waals surface area contributed by atoms with E-state index >= 15 is 0 Å². The third-order valence-electron chi connectivity index (χ3n) is 4.33. The summed E-state index contributed by atoms with van der Waals surface area (Å²) in [6.45, 7) is 2.70. The van der Waals surface area contributed by atoms with Crippen LogP contribution in [-0.4, -0.2) is 30.1 Å². The first-order valence-electron chi connectivity index (χ1n) is 7.75. The van der Waals surface area contributed by atoms with E-state index in [0.29, 0.717) is 30.5 Å². The van der Waals surface area contributed by atoms with Gasteiger partial charge in [-0.1, -0.05) is 15.9 Å². The fraction of sp³-hybridized carbons (Fsp3) is 0.294. The molecule has 0 radical (unpaired) electrons. The first kappa shape index (κ1) is 16.0. The first-order chi connectivity index (χ1) is 12.0. The predicted molar refractivity (Wildman–Crippen MR) is 90.3 cm³/mol. The van der Waals surface area contributed by atoms with Crippen LogP contribution in [0.25, 0.3) is 0 Å². The topological polar surface area (TPSA) is 81.0 Å². The molecule has 2 aromatic rings. The van der Waals surface area contributed by atoms with Gasteiger partial charge in [-0.15, -0.1) is 0 Å². The van der Waals surface area contributed by atoms with Crippen molar-refractivity contribution in [2.75, 3.05) is 13.2 Å². The molecule has 25 heavy (non-hydrogen) atoms. The summed E-state index contributed by atoms with van der Waals surface area (Å²) in [5, 5.41) is 2.71. The van der Waals surface area contributed by atoms with Crippen molar-refractivity contribution in [2.24, 2.45) is 0 Å².